The van der Waals surface area contributed by atoms with Crippen LogP contribution in [0.3, 0.4) is 0 Å². The van der Waals surface area contributed by atoms with Gasteiger partial charge in [0.15, 0.2) is 12.0 Å². The van der Waals surface area contributed by atoms with Crippen LogP contribution in [0.1, 0.15) is 10.6 Å². The second-order valence-corrected chi connectivity index (χ2v) is 4.20. The summed E-state index contributed by atoms with van der Waals surface area (Å²) in [7, 11) is 0. The third kappa shape index (κ3) is 2.23. The van der Waals surface area contributed by atoms with E-state index in [-0.39, 0.29) is 32.8 Å². The van der Waals surface area contributed by atoms with Crippen LogP contribution in [0.4, 0.5) is 5.69 Å². The predicted molar refractivity (Wildman–Crippen MR) is 66.2 cm³/mol. The average molecular weight is 286 g/mol. The minimum absolute atomic E-state index is 0.0605. The molecule has 0 atom stereocenters. The molecule has 0 fully saturated rings. The quantitative estimate of drug-likeness (QED) is 0.486. The van der Waals surface area contributed by atoms with Crippen molar-refractivity contribution in [3.8, 4) is 11.3 Å². The Morgan fingerprint density at radius 1 is 1.28 bits per heavy atom. The Labute approximate surface area is 111 Å². The van der Waals surface area contributed by atoms with E-state index in [1.165, 1.54) is 24.3 Å². The van der Waals surface area contributed by atoms with Crippen molar-refractivity contribution in [2.24, 2.45) is 0 Å². The van der Waals surface area contributed by atoms with Crippen LogP contribution in [0.5, 0.6) is 0 Å². The predicted octanol–water partition coefficient (Wildman–Crippen LogP) is 3.97. The summed E-state index contributed by atoms with van der Waals surface area (Å²) in [6.45, 7) is 0. The molecule has 0 N–H and O–H groups in total. The molecule has 0 aliphatic rings. The van der Waals surface area contributed by atoms with Gasteiger partial charge >= 0.3 is 0 Å². The molecule has 2 aromatic rings. The number of benzene rings is 1. The Hall–Kier alpha value is -1.85. The van der Waals surface area contributed by atoms with E-state index in [2.05, 4.69) is 0 Å². The average Bonchev–Trinajstić information content (AvgIpc) is 2.76. The van der Waals surface area contributed by atoms with Crippen LogP contribution in [0.2, 0.25) is 10.0 Å². The van der Waals surface area contributed by atoms with E-state index in [0.29, 0.717) is 6.29 Å². The molecule has 1 heterocycles. The van der Waals surface area contributed by atoms with Crippen LogP contribution in [0, 0.1) is 10.1 Å². The molecule has 7 heteroatoms. The lowest BCUT2D eigenvalue weighted by molar-refractivity contribution is -0.384. The van der Waals surface area contributed by atoms with E-state index in [1.54, 1.807) is 0 Å². The summed E-state index contributed by atoms with van der Waals surface area (Å²) in [6.07, 6.45) is 0.499. The number of rotatable bonds is 3. The van der Waals surface area contributed by atoms with E-state index in [9.17, 15) is 14.9 Å². The van der Waals surface area contributed by atoms with Crippen molar-refractivity contribution < 1.29 is 14.1 Å². The third-order valence-electron chi connectivity index (χ3n) is 2.22. The van der Waals surface area contributed by atoms with Gasteiger partial charge in [-0.1, -0.05) is 23.2 Å². The maximum Gasteiger partial charge on any atom is 0.283 e. The van der Waals surface area contributed by atoms with Gasteiger partial charge in [-0.3, -0.25) is 14.9 Å². The van der Waals surface area contributed by atoms with E-state index in [4.69, 9.17) is 27.6 Å². The van der Waals surface area contributed by atoms with Crippen molar-refractivity contribution >= 4 is 35.2 Å². The molecule has 0 saturated carbocycles. The number of carbonyl (C=O) groups is 1. The summed E-state index contributed by atoms with van der Waals surface area (Å²) in [5, 5.41) is 11.2. The first-order chi connectivity index (χ1) is 8.52. The third-order valence-corrected chi connectivity index (χ3v) is 2.74. The first-order valence-corrected chi connectivity index (χ1v) is 5.47. The maximum absolute atomic E-state index is 11.0. The molecule has 0 radical (unpaired) electrons. The van der Waals surface area contributed by atoms with Crippen molar-refractivity contribution in [1.82, 2.24) is 0 Å². The minimum atomic E-state index is -0.615. The summed E-state index contributed by atoms with van der Waals surface area (Å²) < 4.78 is 5.13. The first kappa shape index (κ1) is 12.6. The van der Waals surface area contributed by atoms with Crippen LogP contribution in [-0.2, 0) is 0 Å². The number of hydrogen-bond donors (Lipinski definition) is 0. The maximum atomic E-state index is 11.0. The second kappa shape index (κ2) is 4.80. The number of nitrogens with zero attached hydrogens (tertiary/aromatic N) is 1. The van der Waals surface area contributed by atoms with E-state index >= 15 is 0 Å². The minimum Gasteiger partial charge on any atom is -0.453 e. The summed E-state index contributed by atoms with van der Waals surface area (Å²) in [6, 6.07) is 5.38. The summed E-state index contributed by atoms with van der Waals surface area (Å²) in [5.41, 5.74) is -0.182. The molecule has 0 amide bonds. The molecule has 1 aromatic heterocycles. The molecule has 0 aliphatic carbocycles. The van der Waals surface area contributed by atoms with Crippen molar-refractivity contribution in [3.63, 3.8) is 0 Å². The SMILES string of the molecule is O=Cc1ccc(-c2c(Cl)cc(Cl)cc2[N+](=O)[O-])o1. The number of furan rings is 1. The standard InChI is InChI=1S/C11H5Cl2NO4/c12-6-3-8(13)11(9(4-6)14(16)17)10-2-1-7(5-15)18-10/h1-5H. The lowest BCUT2D eigenvalue weighted by atomic mass is 10.1. The number of carbonyl (C=O) groups excluding carboxylic acids is 1. The van der Waals surface area contributed by atoms with E-state index in [1.807, 2.05) is 0 Å². The fourth-order valence-electron chi connectivity index (χ4n) is 1.50. The highest BCUT2D eigenvalue weighted by molar-refractivity contribution is 6.37. The molecule has 92 valence electrons. The van der Waals surface area contributed by atoms with Gasteiger partial charge in [0.2, 0.25) is 0 Å². The molecular weight excluding hydrogens is 281 g/mol. The van der Waals surface area contributed by atoms with Gasteiger partial charge in [0.1, 0.15) is 11.3 Å². The Balaban J connectivity index is 2.69. The molecule has 0 bridgehead atoms. The van der Waals surface area contributed by atoms with Crippen molar-refractivity contribution in [3.05, 3.63) is 50.2 Å². The van der Waals surface area contributed by atoms with Gasteiger partial charge in [-0.15, -0.1) is 0 Å². The fourth-order valence-corrected chi connectivity index (χ4v) is 2.07. The highest BCUT2D eigenvalue weighted by Crippen LogP contribution is 2.39. The monoisotopic (exact) mass is 285 g/mol. The zero-order chi connectivity index (χ0) is 13.3. The van der Waals surface area contributed by atoms with Gasteiger partial charge in [-0.05, 0) is 18.2 Å². The molecule has 2 rings (SSSR count). The highest BCUT2D eigenvalue weighted by atomic mass is 35.5. The molecule has 1 aromatic carbocycles. The van der Waals surface area contributed by atoms with Crippen molar-refractivity contribution in [2.75, 3.05) is 0 Å². The number of aldehydes is 1. The topological polar surface area (TPSA) is 73.3 Å². The Morgan fingerprint density at radius 3 is 2.56 bits per heavy atom. The number of nitro benzene ring substituents is 1. The largest absolute Gasteiger partial charge is 0.453 e. The lowest BCUT2D eigenvalue weighted by Crippen LogP contribution is -1.92. The molecule has 0 saturated heterocycles. The zero-order valence-electron chi connectivity index (χ0n) is 8.72. The van der Waals surface area contributed by atoms with Crippen molar-refractivity contribution in [2.45, 2.75) is 0 Å². The number of halogens is 2. The number of nitro groups is 1. The van der Waals surface area contributed by atoms with Crippen LogP contribution >= 0.6 is 23.2 Å². The first-order valence-electron chi connectivity index (χ1n) is 4.71. The Bertz CT molecular complexity index is 636. The van der Waals surface area contributed by atoms with Gasteiger partial charge in [0.05, 0.1) is 9.95 Å². The van der Waals surface area contributed by atoms with Gasteiger partial charge in [0.25, 0.3) is 5.69 Å². The van der Waals surface area contributed by atoms with E-state index in [0.717, 1.165) is 0 Å². The summed E-state index contributed by atoms with van der Waals surface area (Å²) in [4.78, 5) is 20.9. The van der Waals surface area contributed by atoms with E-state index < -0.39 is 4.92 Å². The van der Waals surface area contributed by atoms with Crippen LogP contribution in [-0.4, -0.2) is 11.2 Å². The second-order valence-electron chi connectivity index (χ2n) is 3.36. The summed E-state index contributed by atoms with van der Waals surface area (Å²) in [5.74, 6) is 0.204. The van der Waals surface area contributed by atoms with Gasteiger partial charge in [-0.25, -0.2) is 0 Å². The van der Waals surface area contributed by atoms with Crippen molar-refractivity contribution in [1.29, 1.82) is 0 Å². The van der Waals surface area contributed by atoms with Gasteiger partial charge in [-0.2, -0.15) is 0 Å². The molecule has 0 aliphatic heterocycles. The molecule has 18 heavy (non-hydrogen) atoms. The van der Waals surface area contributed by atoms with Crippen LogP contribution < -0.4 is 0 Å². The molecule has 0 unspecified atom stereocenters. The lowest BCUT2D eigenvalue weighted by Gasteiger charge is -2.03. The van der Waals surface area contributed by atoms with Crippen LogP contribution in [0.15, 0.2) is 28.7 Å². The summed E-state index contributed by atoms with van der Waals surface area (Å²) >= 11 is 11.6. The fraction of sp³-hybridized carbons (Fsp3) is 0. The van der Waals surface area contributed by atoms with Gasteiger partial charge in [0, 0.05) is 11.1 Å². The van der Waals surface area contributed by atoms with Crippen LogP contribution in [0.25, 0.3) is 11.3 Å². The molecule has 0 spiro atoms. The molecule has 5 nitrogen and oxygen atoms in total. The smallest absolute Gasteiger partial charge is 0.283 e. The Morgan fingerprint density at radius 2 is 2.00 bits per heavy atom. The Kier molecular flexibility index (Phi) is 3.36. The normalized spacial score (nSPS) is 10.3. The molecular formula is C11H5Cl2NO4. The number of hydrogen-bond acceptors (Lipinski definition) is 4. The van der Waals surface area contributed by atoms with Gasteiger partial charge < -0.3 is 4.42 Å². The highest BCUT2D eigenvalue weighted by Gasteiger charge is 2.22. The zero-order valence-corrected chi connectivity index (χ0v) is 10.2.